The average Bonchev–Trinajstić information content (AvgIpc) is 2.42. The van der Waals surface area contributed by atoms with E-state index in [2.05, 4.69) is 0 Å². The molecule has 1 aromatic rings. The Kier molecular flexibility index (Phi) is 6.65. The molecule has 5 heteroatoms. The molecule has 1 N–H and O–H groups in total. The van der Waals surface area contributed by atoms with Gasteiger partial charge in [-0.25, -0.2) is 4.79 Å². The number of carbonyl (C=O) groups excluding carboxylic acids is 1. The Morgan fingerprint density at radius 3 is 2.43 bits per heavy atom. The monoisotopic (exact) mass is 295 g/mol. The van der Waals surface area contributed by atoms with Crippen LogP contribution in [0.5, 0.6) is 0 Å². The number of carbonyl (C=O) groups is 1. The van der Waals surface area contributed by atoms with Crippen LogP contribution in [0.25, 0.3) is 0 Å². The molecule has 0 fully saturated rings. The minimum Gasteiger partial charge on any atom is -0.444 e. The van der Waals surface area contributed by atoms with Gasteiger partial charge >= 0.3 is 6.09 Å². The molecule has 1 amide bonds. The van der Waals surface area contributed by atoms with Crippen molar-refractivity contribution in [3.8, 4) is 0 Å². The number of rotatable bonds is 6. The van der Waals surface area contributed by atoms with E-state index in [0.29, 0.717) is 6.61 Å². The molecule has 1 aromatic carbocycles. The molecule has 1 rings (SSSR count). The minimum atomic E-state index is -0.559. The summed E-state index contributed by atoms with van der Waals surface area (Å²) in [6.45, 7) is 5.93. The van der Waals surface area contributed by atoms with Crippen molar-refractivity contribution in [1.29, 1.82) is 0 Å². The van der Waals surface area contributed by atoms with Gasteiger partial charge < -0.3 is 19.5 Å². The molecule has 0 unspecified atom stereocenters. The predicted molar refractivity (Wildman–Crippen MR) is 81.0 cm³/mol. The summed E-state index contributed by atoms with van der Waals surface area (Å²) in [4.78, 5) is 13.3. The highest BCUT2D eigenvalue weighted by Gasteiger charge is 2.25. The fourth-order valence-electron chi connectivity index (χ4n) is 1.66. The largest absolute Gasteiger partial charge is 0.444 e. The van der Waals surface area contributed by atoms with Crippen molar-refractivity contribution in [3.63, 3.8) is 0 Å². The number of benzene rings is 1. The van der Waals surface area contributed by atoms with E-state index in [1.54, 1.807) is 27.8 Å². The summed E-state index contributed by atoms with van der Waals surface area (Å²) in [5.41, 5.74) is 0.491. The summed E-state index contributed by atoms with van der Waals surface area (Å²) in [6, 6.07) is 9.32. The van der Waals surface area contributed by atoms with Crippen molar-refractivity contribution in [2.24, 2.45) is 0 Å². The van der Waals surface area contributed by atoms with Crippen LogP contribution in [0.1, 0.15) is 26.3 Å². The summed E-state index contributed by atoms with van der Waals surface area (Å²) < 4.78 is 10.8. The van der Waals surface area contributed by atoms with Gasteiger partial charge in [-0.3, -0.25) is 0 Å². The highest BCUT2D eigenvalue weighted by Crippen LogP contribution is 2.11. The third kappa shape index (κ3) is 6.60. The summed E-state index contributed by atoms with van der Waals surface area (Å²) in [5.74, 6) is 0. The minimum absolute atomic E-state index is 0.176. The molecule has 0 saturated heterocycles. The number of aliphatic hydroxyl groups is 1. The van der Waals surface area contributed by atoms with Gasteiger partial charge in [0.1, 0.15) is 5.60 Å². The van der Waals surface area contributed by atoms with E-state index < -0.39 is 17.7 Å². The number of likely N-dealkylation sites (N-methyl/N-ethyl adjacent to an activating group) is 1. The second-order valence-corrected chi connectivity index (χ2v) is 5.93. The Morgan fingerprint density at radius 1 is 1.29 bits per heavy atom. The normalized spacial score (nSPS) is 12.8. The number of hydrogen-bond donors (Lipinski definition) is 1. The molecular formula is C16H25NO4. The fourth-order valence-corrected chi connectivity index (χ4v) is 1.66. The Balaban J connectivity index is 2.45. The van der Waals surface area contributed by atoms with Gasteiger partial charge in [-0.15, -0.1) is 0 Å². The van der Waals surface area contributed by atoms with Crippen LogP contribution in [0.15, 0.2) is 30.3 Å². The van der Waals surface area contributed by atoms with Crippen LogP contribution in [0, 0.1) is 0 Å². The summed E-state index contributed by atoms with van der Waals surface area (Å²) in [5, 5.41) is 9.41. The lowest BCUT2D eigenvalue weighted by atomic mass is 10.2. The highest BCUT2D eigenvalue weighted by molar-refractivity contribution is 5.68. The van der Waals surface area contributed by atoms with E-state index in [4.69, 9.17) is 9.47 Å². The van der Waals surface area contributed by atoms with Gasteiger partial charge in [0.2, 0.25) is 0 Å². The van der Waals surface area contributed by atoms with Crippen molar-refractivity contribution in [2.45, 2.75) is 39.0 Å². The first-order chi connectivity index (χ1) is 9.83. The zero-order valence-electron chi connectivity index (χ0n) is 13.2. The summed E-state index contributed by atoms with van der Waals surface area (Å²) >= 11 is 0. The molecule has 0 bridgehead atoms. The quantitative estimate of drug-likeness (QED) is 0.875. The van der Waals surface area contributed by atoms with Crippen LogP contribution in [0.2, 0.25) is 0 Å². The summed E-state index contributed by atoms with van der Waals surface area (Å²) in [7, 11) is 1.60. The maximum Gasteiger partial charge on any atom is 0.410 e. The second-order valence-electron chi connectivity index (χ2n) is 5.93. The number of hydrogen-bond acceptors (Lipinski definition) is 4. The van der Waals surface area contributed by atoms with E-state index in [-0.39, 0.29) is 13.2 Å². The molecule has 5 nitrogen and oxygen atoms in total. The molecule has 118 valence electrons. The van der Waals surface area contributed by atoms with Gasteiger partial charge in [-0.2, -0.15) is 0 Å². The Morgan fingerprint density at radius 2 is 1.90 bits per heavy atom. The van der Waals surface area contributed by atoms with Crippen molar-refractivity contribution in [2.75, 3.05) is 20.3 Å². The third-order valence-electron chi connectivity index (χ3n) is 2.86. The van der Waals surface area contributed by atoms with Crippen LogP contribution in [0.4, 0.5) is 4.79 Å². The van der Waals surface area contributed by atoms with Gasteiger partial charge in [0.25, 0.3) is 0 Å². The van der Waals surface area contributed by atoms with Crippen molar-refractivity contribution in [3.05, 3.63) is 35.9 Å². The van der Waals surface area contributed by atoms with Crippen molar-refractivity contribution in [1.82, 2.24) is 4.90 Å². The molecule has 0 aromatic heterocycles. The first-order valence-corrected chi connectivity index (χ1v) is 7.02. The second kappa shape index (κ2) is 8.00. The predicted octanol–water partition coefficient (Wildman–Crippen LogP) is 2.43. The van der Waals surface area contributed by atoms with E-state index in [1.165, 1.54) is 4.90 Å². The number of amides is 1. The number of ether oxygens (including phenoxy) is 2. The van der Waals surface area contributed by atoms with Crippen LogP contribution in [-0.2, 0) is 16.1 Å². The molecule has 0 aliphatic heterocycles. The summed E-state index contributed by atoms with van der Waals surface area (Å²) in [6.07, 6.45) is -0.468. The molecule has 0 heterocycles. The maximum absolute atomic E-state index is 11.9. The fraction of sp³-hybridized carbons (Fsp3) is 0.562. The molecular weight excluding hydrogens is 270 g/mol. The van der Waals surface area contributed by atoms with Gasteiger partial charge in [0.05, 0.1) is 25.9 Å². The number of aliphatic hydroxyl groups excluding tert-OH is 1. The van der Waals surface area contributed by atoms with Crippen LogP contribution < -0.4 is 0 Å². The standard InChI is InChI=1S/C16H25NO4/c1-16(2,3)21-15(19)17(4)14(10-18)12-20-11-13-8-6-5-7-9-13/h5-9,14,18H,10-12H2,1-4H3/t14-/m1/s1. The first kappa shape index (κ1) is 17.5. The highest BCUT2D eigenvalue weighted by atomic mass is 16.6. The van der Waals surface area contributed by atoms with Crippen LogP contribution in [0.3, 0.4) is 0 Å². The zero-order chi connectivity index (χ0) is 15.9. The molecule has 0 aliphatic rings. The SMILES string of the molecule is CN(C(=O)OC(C)(C)C)[C@H](CO)COCc1ccccc1. The van der Waals surface area contributed by atoms with Crippen LogP contribution >= 0.6 is 0 Å². The molecule has 0 saturated carbocycles. The lowest BCUT2D eigenvalue weighted by molar-refractivity contribution is -0.00449. The van der Waals surface area contributed by atoms with E-state index in [0.717, 1.165) is 5.56 Å². The smallest absolute Gasteiger partial charge is 0.410 e. The molecule has 21 heavy (non-hydrogen) atoms. The van der Waals surface area contributed by atoms with E-state index in [9.17, 15) is 9.90 Å². The third-order valence-corrected chi connectivity index (χ3v) is 2.86. The molecule has 0 aliphatic carbocycles. The van der Waals surface area contributed by atoms with Crippen LogP contribution in [-0.4, -0.2) is 48.0 Å². The van der Waals surface area contributed by atoms with Crippen molar-refractivity contribution >= 4 is 6.09 Å². The Bertz CT molecular complexity index is 428. The molecule has 0 spiro atoms. The lowest BCUT2D eigenvalue weighted by Crippen LogP contribution is -2.44. The Hall–Kier alpha value is -1.59. The molecule has 1 atom stereocenters. The maximum atomic E-state index is 11.9. The van der Waals surface area contributed by atoms with E-state index >= 15 is 0 Å². The lowest BCUT2D eigenvalue weighted by Gasteiger charge is -2.29. The zero-order valence-corrected chi connectivity index (χ0v) is 13.2. The average molecular weight is 295 g/mol. The van der Waals surface area contributed by atoms with Gasteiger partial charge in [-0.1, -0.05) is 30.3 Å². The Labute approximate surface area is 126 Å². The number of nitrogens with zero attached hydrogens (tertiary/aromatic N) is 1. The van der Waals surface area contributed by atoms with Gasteiger partial charge in [-0.05, 0) is 26.3 Å². The molecule has 0 radical (unpaired) electrons. The van der Waals surface area contributed by atoms with Gasteiger partial charge in [0.15, 0.2) is 0 Å². The van der Waals surface area contributed by atoms with Crippen molar-refractivity contribution < 1.29 is 19.4 Å². The van der Waals surface area contributed by atoms with Gasteiger partial charge in [0, 0.05) is 7.05 Å². The van der Waals surface area contributed by atoms with E-state index in [1.807, 2.05) is 30.3 Å². The first-order valence-electron chi connectivity index (χ1n) is 7.02. The topological polar surface area (TPSA) is 59.0 Å².